The van der Waals surface area contributed by atoms with Gasteiger partial charge in [0.1, 0.15) is 0 Å². The number of fused-ring (bicyclic) bond motifs is 3. The van der Waals surface area contributed by atoms with Gasteiger partial charge < -0.3 is 0 Å². The van der Waals surface area contributed by atoms with Crippen LogP contribution in [0.4, 0.5) is 0 Å². The van der Waals surface area contributed by atoms with E-state index in [-0.39, 0.29) is 0 Å². The van der Waals surface area contributed by atoms with Gasteiger partial charge in [-0.05, 0) is 34.1 Å². The molecule has 3 rings (SSSR count). The number of hydrogen-bond acceptors (Lipinski definition) is 1. The molecule has 0 spiro atoms. The first kappa shape index (κ1) is 9.82. The molecule has 0 aliphatic heterocycles. The average molecular weight is 342 g/mol. The van der Waals surface area contributed by atoms with E-state index < -0.39 is 0 Å². The molecule has 2 aromatic carbocycles. The van der Waals surface area contributed by atoms with Crippen molar-refractivity contribution < 1.29 is 0 Å². The van der Waals surface area contributed by atoms with Gasteiger partial charge in [0.15, 0.2) is 0 Å². The Morgan fingerprint density at radius 2 is 1.60 bits per heavy atom. The van der Waals surface area contributed by atoms with Crippen LogP contribution in [0.2, 0.25) is 0 Å². The smallest absolute Gasteiger partial charge is 0.0508 e. The monoisotopic (exact) mass is 340 g/mol. The number of rotatable bonds is 0. The van der Waals surface area contributed by atoms with E-state index in [9.17, 15) is 0 Å². The van der Waals surface area contributed by atoms with Gasteiger partial charge in [0, 0.05) is 24.4 Å². The van der Waals surface area contributed by atoms with Gasteiger partial charge in [-0.3, -0.25) is 0 Å². The Hall–Kier alpha value is -0.380. The Bertz CT molecular complexity index is 655. The van der Waals surface area contributed by atoms with Crippen LogP contribution in [-0.4, -0.2) is 0 Å². The summed E-state index contributed by atoms with van der Waals surface area (Å²) in [5.74, 6) is 0. The van der Waals surface area contributed by atoms with Crippen molar-refractivity contribution >= 4 is 63.4 Å². The first-order valence-corrected chi connectivity index (χ1v) is 6.93. The number of hydrogen-bond donors (Lipinski definition) is 0. The molecule has 0 atom stereocenters. The van der Waals surface area contributed by atoms with Crippen molar-refractivity contribution in [1.29, 1.82) is 0 Å². The second-order valence-electron chi connectivity index (χ2n) is 3.33. The second kappa shape index (κ2) is 3.58. The molecule has 0 aliphatic rings. The lowest BCUT2D eigenvalue weighted by Crippen LogP contribution is -1.70. The quantitative estimate of drug-likeness (QED) is 0.500. The van der Waals surface area contributed by atoms with Crippen LogP contribution in [0.25, 0.3) is 20.2 Å². The molecule has 0 N–H and O–H groups in total. The lowest BCUT2D eigenvalue weighted by atomic mass is 10.2. The topological polar surface area (TPSA) is 0 Å². The summed E-state index contributed by atoms with van der Waals surface area (Å²) in [6.45, 7) is 0. The summed E-state index contributed by atoms with van der Waals surface area (Å²) < 4.78 is 4.98. The van der Waals surface area contributed by atoms with Gasteiger partial charge in [-0.15, -0.1) is 11.3 Å². The number of halogens is 2. The van der Waals surface area contributed by atoms with E-state index in [1.165, 1.54) is 24.6 Å². The van der Waals surface area contributed by atoms with E-state index in [4.69, 9.17) is 0 Å². The molecule has 1 aromatic heterocycles. The Balaban J connectivity index is 2.66. The maximum absolute atomic E-state index is 3.62. The summed E-state index contributed by atoms with van der Waals surface area (Å²) >= 11 is 9.04. The molecule has 74 valence electrons. The lowest BCUT2D eigenvalue weighted by Gasteiger charge is -1.97. The molecule has 0 radical (unpaired) electrons. The van der Waals surface area contributed by atoms with Gasteiger partial charge in [0.2, 0.25) is 0 Å². The third kappa shape index (κ3) is 1.45. The van der Waals surface area contributed by atoms with Crippen LogP contribution in [0.1, 0.15) is 0 Å². The fourth-order valence-electron chi connectivity index (χ4n) is 1.76. The minimum absolute atomic E-state index is 1.16. The third-order valence-corrected chi connectivity index (χ3v) is 5.22. The van der Waals surface area contributed by atoms with Crippen molar-refractivity contribution in [2.24, 2.45) is 0 Å². The first-order chi connectivity index (χ1) is 7.27. The van der Waals surface area contributed by atoms with Crippen LogP contribution in [0.5, 0.6) is 0 Å². The summed E-state index contributed by atoms with van der Waals surface area (Å²) in [4.78, 5) is 0. The van der Waals surface area contributed by atoms with E-state index in [2.05, 4.69) is 68.3 Å². The summed E-state index contributed by atoms with van der Waals surface area (Å²) in [5, 5.41) is 2.63. The molecule has 15 heavy (non-hydrogen) atoms. The molecule has 0 saturated heterocycles. The molecule has 0 nitrogen and oxygen atoms in total. The van der Waals surface area contributed by atoms with Gasteiger partial charge in [0.05, 0.1) is 4.70 Å². The third-order valence-electron chi connectivity index (χ3n) is 2.43. The zero-order valence-corrected chi connectivity index (χ0v) is 11.6. The molecule has 0 amide bonds. The zero-order valence-electron chi connectivity index (χ0n) is 7.63. The van der Waals surface area contributed by atoms with E-state index in [1.54, 1.807) is 0 Å². The van der Waals surface area contributed by atoms with Gasteiger partial charge in [-0.25, -0.2) is 0 Å². The standard InChI is InChI=1S/C12H6Br2S/c13-8-5-6-9(14)12-11(8)7-3-1-2-4-10(7)15-12/h1-6H. The highest BCUT2D eigenvalue weighted by atomic mass is 79.9. The predicted molar refractivity (Wildman–Crippen MR) is 74.7 cm³/mol. The normalized spacial score (nSPS) is 11.3. The molecule has 0 bridgehead atoms. The van der Waals surface area contributed by atoms with Crippen molar-refractivity contribution in [3.05, 3.63) is 45.3 Å². The van der Waals surface area contributed by atoms with Crippen LogP contribution in [-0.2, 0) is 0 Å². The first-order valence-electron chi connectivity index (χ1n) is 4.52. The molecule has 0 aliphatic carbocycles. The molecular formula is C12H6Br2S. The fourth-order valence-corrected chi connectivity index (χ4v) is 4.14. The van der Waals surface area contributed by atoms with Gasteiger partial charge >= 0.3 is 0 Å². The van der Waals surface area contributed by atoms with Crippen LogP contribution < -0.4 is 0 Å². The van der Waals surface area contributed by atoms with Crippen LogP contribution in [0, 0.1) is 0 Å². The molecule has 0 saturated carbocycles. The fraction of sp³-hybridized carbons (Fsp3) is 0. The van der Waals surface area contributed by atoms with Crippen molar-refractivity contribution in [3.63, 3.8) is 0 Å². The molecule has 0 fully saturated rings. The number of thiophene rings is 1. The van der Waals surface area contributed by atoms with E-state index in [0.29, 0.717) is 0 Å². The molecular weight excluding hydrogens is 336 g/mol. The maximum Gasteiger partial charge on any atom is 0.0508 e. The van der Waals surface area contributed by atoms with Gasteiger partial charge in [0.25, 0.3) is 0 Å². The highest BCUT2D eigenvalue weighted by Gasteiger charge is 2.09. The minimum atomic E-state index is 1.16. The highest BCUT2D eigenvalue weighted by Crippen LogP contribution is 2.41. The second-order valence-corrected chi connectivity index (χ2v) is 6.09. The maximum atomic E-state index is 3.62. The van der Waals surface area contributed by atoms with E-state index in [0.717, 1.165) is 4.47 Å². The van der Waals surface area contributed by atoms with Gasteiger partial charge in [-0.2, -0.15) is 0 Å². The lowest BCUT2D eigenvalue weighted by molar-refractivity contribution is 1.75. The largest absolute Gasteiger partial charge is 0.134 e. The minimum Gasteiger partial charge on any atom is -0.134 e. The summed E-state index contributed by atoms with van der Waals surface area (Å²) in [5.41, 5.74) is 0. The average Bonchev–Trinajstić information content (AvgIpc) is 2.64. The Morgan fingerprint density at radius 3 is 2.47 bits per heavy atom. The van der Waals surface area contributed by atoms with Crippen molar-refractivity contribution in [3.8, 4) is 0 Å². The SMILES string of the molecule is Brc1ccc(Br)c2c1sc1ccccc12. The zero-order chi connectivity index (χ0) is 10.4. The van der Waals surface area contributed by atoms with Crippen molar-refractivity contribution in [2.45, 2.75) is 0 Å². The van der Waals surface area contributed by atoms with E-state index >= 15 is 0 Å². The molecule has 3 heteroatoms. The number of benzene rings is 2. The van der Waals surface area contributed by atoms with Crippen LogP contribution in [0.3, 0.4) is 0 Å². The Kier molecular flexibility index (Phi) is 2.34. The summed E-state index contributed by atoms with van der Waals surface area (Å²) in [7, 11) is 0. The molecule has 1 heterocycles. The Labute approximate surface area is 108 Å². The molecule has 0 unspecified atom stereocenters. The molecule has 3 aromatic rings. The van der Waals surface area contributed by atoms with E-state index in [1.807, 2.05) is 11.3 Å². The highest BCUT2D eigenvalue weighted by molar-refractivity contribution is 9.11. The van der Waals surface area contributed by atoms with Crippen molar-refractivity contribution in [2.75, 3.05) is 0 Å². The summed E-state index contributed by atoms with van der Waals surface area (Å²) in [6.07, 6.45) is 0. The van der Waals surface area contributed by atoms with Crippen LogP contribution in [0.15, 0.2) is 45.3 Å². The van der Waals surface area contributed by atoms with Crippen molar-refractivity contribution in [1.82, 2.24) is 0 Å². The summed E-state index contributed by atoms with van der Waals surface area (Å²) in [6, 6.07) is 12.7. The Morgan fingerprint density at radius 1 is 0.867 bits per heavy atom. The predicted octanol–water partition coefficient (Wildman–Crippen LogP) is 5.58. The van der Waals surface area contributed by atoms with Gasteiger partial charge in [-0.1, -0.05) is 34.1 Å². The van der Waals surface area contributed by atoms with Crippen LogP contribution >= 0.6 is 43.2 Å².